The van der Waals surface area contributed by atoms with Crippen molar-refractivity contribution < 1.29 is 0 Å². The number of fused-ring (bicyclic) bond motifs is 1. The average Bonchev–Trinajstić information content (AvgIpc) is 2.94. The molecule has 3 aromatic rings. The lowest BCUT2D eigenvalue weighted by molar-refractivity contribution is 0.620. The second kappa shape index (κ2) is 6.11. The predicted octanol–water partition coefficient (Wildman–Crippen LogP) is 0.845. The first-order valence-corrected chi connectivity index (χ1v) is 7.39. The highest BCUT2D eigenvalue weighted by atomic mass is 16.2. The molecular formula is C15H17N7O2. The molecule has 0 aliphatic rings. The summed E-state index contributed by atoms with van der Waals surface area (Å²) >= 11 is 0. The Morgan fingerprint density at radius 1 is 1.29 bits per heavy atom. The molecule has 0 amide bonds. The lowest BCUT2D eigenvalue weighted by atomic mass is 10.3. The predicted molar refractivity (Wildman–Crippen MR) is 91.4 cm³/mol. The molecule has 3 rings (SSSR count). The van der Waals surface area contributed by atoms with Crippen LogP contribution in [0.2, 0.25) is 0 Å². The summed E-state index contributed by atoms with van der Waals surface area (Å²) in [6, 6.07) is 3.57. The van der Waals surface area contributed by atoms with E-state index in [4.69, 9.17) is 0 Å². The molecule has 2 N–H and O–H groups in total. The molecular weight excluding hydrogens is 310 g/mol. The lowest BCUT2D eigenvalue weighted by Crippen LogP contribution is -2.29. The van der Waals surface area contributed by atoms with Gasteiger partial charge in [-0.05, 0) is 31.5 Å². The van der Waals surface area contributed by atoms with Crippen molar-refractivity contribution in [1.29, 1.82) is 0 Å². The molecule has 0 bridgehead atoms. The van der Waals surface area contributed by atoms with Crippen LogP contribution in [-0.4, -0.2) is 30.3 Å². The largest absolute Gasteiger partial charge is 0.329 e. The number of rotatable bonds is 4. The van der Waals surface area contributed by atoms with Crippen molar-refractivity contribution in [3.63, 3.8) is 0 Å². The molecule has 0 aliphatic heterocycles. The van der Waals surface area contributed by atoms with E-state index >= 15 is 0 Å². The zero-order valence-corrected chi connectivity index (χ0v) is 13.5. The molecule has 9 heteroatoms. The van der Waals surface area contributed by atoms with E-state index < -0.39 is 11.2 Å². The SMILES string of the molecule is CC(C)n1c(NN=Cc2ccncc2)nc2c1c(=O)[nH]c(=O)n2C. The van der Waals surface area contributed by atoms with Crippen molar-refractivity contribution in [2.24, 2.45) is 12.1 Å². The first-order valence-electron chi connectivity index (χ1n) is 7.39. The number of aromatic amines is 1. The highest BCUT2D eigenvalue weighted by Gasteiger charge is 2.18. The minimum Gasteiger partial charge on any atom is -0.300 e. The summed E-state index contributed by atoms with van der Waals surface area (Å²) < 4.78 is 3.00. The Kier molecular flexibility index (Phi) is 3.98. The topological polar surface area (TPSA) is 110 Å². The number of H-pyrrole nitrogens is 1. The van der Waals surface area contributed by atoms with Crippen molar-refractivity contribution in [2.75, 3.05) is 5.43 Å². The number of aryl methyl sites for hydroxylation is 1. The maximum absolute atomic E-state index is 12.2. The maximum atomic E-state index is 12.2. The third-order valence-electron chi connectivity index (χ3n) is 3.55. The Hall–Kier alpha value is -3.23. The van der Waals surface area contributed by atoms with Crippen LogP contribution in [0.5, 0.6) is 0 Å². The maximum Gasteiger partial charge on any atom is 0.329 e. The van der Waals surface area contributed by atoms with Gasteiger partial charge in [0.2, 0.25) is 5.95 Å². The highest BCUT2D eigenvalue weighted by Crippen LogP contribution is 2.20. The van der Waals surface area contributed by atoms with Gasteiger partial charge in [0.15, 0.2) is 11.2 Å². The molecule has 0 aliphatic carbocycles. The quantitative estimate of drug-likeness (QED) is 0.545. The summed E-state index contributed by atoms with van der Waals surface area (Å²) in [7, 11) is 1.56. The van der Waals surface area contributed by atoms with Crippen molar-refractivity contribution >= 4 is 23.3 Å². The minimum atomic E-state index is -0.507. The summed E-state index contributed by atoms with van der Waals surface area (Å²) in [4.78, 5) is 34.5. The van der Waals surface area contributed by atoms with Gasteiger partial charge in [0.25, 0.3) is 5.56 Å². The van der Waals surface area contributed by atoms with Crippen LogP contribution < -0.4 is 16.7 Å². The zero-order valence-electron chi connectivity index (χ0n) is 13.5. The van der Waals surface area contributed by atoms with Gasteiger partial charge in [-0.2, -0.15) is 10.1 Å². The molecule has 0 atom stereocenters. The number of hydrogen-bond donors (Lipinski definition) is 2. The van der Waals surface area contributed by atoms with E-state index in [2.05, 4.69) is 25.5 Å². The normalized spacial score (nSPS) is 11.7. The van der Waals surface area contributed by atoms with E-state index in [0.29, 0.717) is 17.1 Å². The van der Waals surface area contributed by atoms with E-state index in [0.717, 1.165) is 5.56 Å². The van der Waals surface area contributed by atoms with Gasteiger partial charge in [-0.1, -0.05) is 0 Å². The van der Waals surface area contributed by atoms with Crippen LogP contribution in [0.3, 0.4) is 0 Å². The highest BCUT2D eigenvalue weighted by molar-refractivity contribution is 5.80. The molecule has 0 radical (unpaired) electrons. The fourth-order valence-corrected chi connectivity index (χ4v) is 2.40. The van der Waals surface area contributed by atoms with E-state index in [1.54, 1.807) is 30.2 Å². The standard InChI is InChI=1S/C15H17N7O2/c1-9(2)22-11-12(21(3)15(24)19-13(11)23)18-14(22)20-17-8-10-4-6-16-7-5-10/h4-9H,1-3H3,(H,18,20)(H,19,23,24). The molecule has 3 heterocycles. The molecule has 0 spiro atoms. The Morgan fingerprint density at radius 3 is 2.67 bits per heavy atom. The van der Waals surface area contributed by atoms with Crippen LogP contribution in [0.15, 0.2) is 39.2 Å². The number of hydrazone groups is 1. The van der Waals surface area contributed by atoms with Gasteiger partial charge in [0.05, 0.1) is 6.21 Å². The van der Waals surface area contributed by atoms with Gasteiger partial charge in [0.1, 0.15) is 0 Å². The molecule has 124 valence electrons. The van der Waals surface area contributed by atoms with Gasteiger partial charge in [-0.25, -0.2) is 10.2 Å². The zero-order chi connectivity index (χ0) is 17.3. The second-order valence-corrected chi connectivity index (χ2v) is 5.54. The van der Waals surface area contributed by atoms with Crippen LogP contribution in [-0.2, 0) is 7.05 Å². The van der Waals surface area contributed by atoms with E-state index in [1.807, 2.05) is 26.0 Å². The number of aromatic nitrogens is 5. The van der Waals surface area contributed by atoms with E-state index in [1.165, 1.54) is 4.57 Å². The van der Waals surface area contributed by atoms with Crippen molar-refractivity contribution in [3.8, 4) is 0 Å². The molecule has 3 aromatic heterocycles. The van der Waals surface area contributed by atoms with Crippen molar-refractivity contribution in [3.05, 3.63) is 50.9 Å². The number of hydrogen-bond acceptors (Lipinski definition) is 6. The number of nitrogens with one attached hydrogen (secondary N) is 2. The molecule has 0 unspecified atom stereocenters. The van der Waals surface area contributed by atoms with Crippen LogP contribution in [0, 0.1) is 0 Å². The summed E-state index contributed by atoms with van der Waals surface area (Å²) in [5.41, 5.74) is 3.36. The lowest BCUT2D eigenvalue weighted by Gasteiger charge is -2.11. The van der Waals surface area contributed by atoms with Gasteiger partial charge < -0.3 is 4.57 Å². The minimum absolute atomic E-state index is 0.0489. The van der Waals surface area contributed by atoms with Crippen molar-refractivity contribution in [2.45, 2.75) is 19.9 Å². The first kappa shape index (κ1) is 15.7. The van der Waals surface area contributed by atoms with Gasteiger partial charge >= 0.3 is 5.69 Å². The fourth-order valence-electron chi connectivity index (χ4n) is 2.40. The Morgan fingerprint density at radius 2 is 2.00 bits per heavy atom. The monoisotopic (exact) mass is 327 g/mol. The third kappa shape index (κ3) is 2.71. The summed E-state index contributed by atoms with van der Waals surface area (Å²) in [6.45, 7) is 3.84. The van der Waals surface area contributed by atoms with E-state index in [9.17, 15) is 9.59 Å². The fraction of sp³-hybridized carbons (Fsp3) is 0.267. The van der Waals surface area contributed by atoms with E-state index in [-0.39, 0.29) is 6.04 Å². The molecule has 0 fully saturated rings. The molecule has 24 heavy (non-hydrogen) atoms. The summed E-state index contributed by atoms with van der Waals surface area (Å²) in [5, 5.41) is 4.15. The van der Waals surface area contributed by atoms with Crippen LogP contribution in [0.4, 0.5) is 5.95 Å². The molecule has 0 saturated carbocycles. The van der Waals surface area contributed by atoms with Crippen LogP contribution in [0.25, 0.3) is 11.2 Å². The Labute approximate surface area is 136 Å². The number of pyridine rings is 1. The smallest absolute Gasteiger partial charge is 0.300 e. The average molecular weight is 327 g/mol. The third-order valence-corrected chi connectivity index (χ3v) is 3.55. The van der Waals surface area contributed by atoms with Crippen LogP contribution in [0.1, 0.15) is 25.5 Å². The van der Waals surface area contributed by atoms with Gasteiger partial charge in [-0.3, -0.25) is 19.3 Å². The Balaban J connectivity index is 2.08. The Bertz CT molecular complexity index is 1010. The molecule has 0 aromatic carbocycles. The molecule has 0 saturated heterocycles. The van der Waals surface area contributed by atoms with Crippen molar-refractivity contribution in [1.82, 2.24) is 24.1 Å². The number of anilines is 1. The summed E-state index contributed by atoms with van der Waals surface area (Å²) in [5.74, 6) is 0.386. The number of nitrogens with zero attached hydrogens (tertiary/aromatic N) is 5. The number of imidazole rings is 1. The van der Waals surface area contributed by atoms with Gasteiger partial charge in [-0.15, -0.1) is 0 Å². The second-order valence-electron chi connectivity index (χ2n) is 5.54. The van der Waals surface area contributed by atoms with Crippen LogP contribution >= 0.6 is 0 Å². The van der Waals surface area contributed by atoms with Gasteiger partial charge in [0, 0.05) is 25.5 Å². The first-order chi connectivity index (χ1) is 11.5. The summed E-state index contributed by atoms with van der Waals surface area (Å²) in [6.07, 6.45) is 4.95. The molecule has 9 nitrogen and oxygen atoms in total.